The van der Waals surface area contributed by atoms with Crippen molar-refractivity contribution in [3.05, 3.63) is 0 Å². The van der Waals surface area contributed by atoms with E-state index < -0.39 is 0 Å². The van der Waals surface area contributed by atoms with Crippen LogP contribution in [0.5, 0.6) is 0 Å². The molecule has 0 aromatic rings. The summed E-state index contributed by atoms with van der Waals surface area (Å²) in [6.07, 6.45) is 3.98. The van der Waals surface area contributed by atoms with Crippen LogP contribution in [0.1, 0.15) is 46.5 Å². The van der Waals surface area contributed by atoms with Crippen LogP contribution >= 0.6 is 0 Å². The molecule has 3 N–H and O–H groups in total. The number of hydrogen-bond donors (Lipinski definition) is 3. The molecule has 2 amide bonds. The molecular weight excluding hydrogens is 254 g/mol. The Hall–Kier alpha value is -1.10. The van der Waals surface area contributed by atoms with Crippen molar-refractivity contribution >= 4 is 11.8 Å². The van der Waals surface area contributed by atoms with Gasteiger partial charge in [0.05, 0.1) is 6.04 Å². The van der Waals surface area contributed by atoms with Gasteiger partial charge in [-0.3, -0.25) is 9.59 Å². The molecule has 0 radical (unpaired) electrons. The Morgan fingerprint density at radius 3 is 2.70 bits per heavy atom. The van der Waals surface area contributed by atoms with E-state index in [1.165, 1.54) is 12.8 Å². The number of fused-ring (bicyclic) bond motifs is 1. The second-order valence-electron chi connectivity index (χ2n) is 7.08. The molecular formula is C15H27N3O2. The molecule has 2 aliphatic rings. The summed E-state index contributed by atoms with van der Waals surface area (Å²) in [6, 6.07) is -0.0480. The van der Waals surface area contributed by atoms with Gasteiger partial charge in [0.1, 0.15) is 0 Å². The summed E-state index contributed by atoms with van der Waals surface area (Å²) in [5.41, 5.74) is -0.217. The Morgan fingerprint density at radius 2 is 2.00 bits per heavy atom. The van der Waals surface area contributed by atoms with Crippen molar-refractivity contribution in [1.82, 2.24) is 16.0 Å². The van der Waals surface area contributed by atoms with Gasteiger partial charge in [0.25, 0.3) is 0 Å². The quantitative estimate of drug-likeness (QED) is 0.714. The first kappa shape index (κ1) is 15.3. The summed E-state index contributed by atoms with van der Waals surface area (Å²) < 4.78 is 0. The first-order valence-electron chi connectivity index (χ1n) is 7.69. The summed E-state index contributed by atoms with van der Waals surface area (Å²) in [5.74, 6) is 1.22. The zero-order valence-corrected chi connectivity index (χ0v) is 12.8. The minimum absolute atomic E-state index is 0.0177. The number of rotatable bonds is 4. The van der Waals surface area contributed by atoms with Crippen molar-refractivity contribution in [3.63, 3.8) is 0 Å². The van der Waals surface area contributed by atoms with Gasteiger partial charge in [-0.15, -0.1) is 0 Å². The van der Waals surface area contributed by atoms with Crippen LogP contribution < -0.4 is 16.0 Å². The Bertz CT molecular complexity index is 376. The fourth-order valence-electron chi connectivity index (χ4n) is 3.36. The largest absolute Gasteiger partial charge is 0.354 e. The van der Waals surface area contributed by atoms with Crippen LogP contribution in [0.25, 0.3) is 0 Å². The highest BCUT2D eigenvalue weighted by molar-refractivity contribution is 5.83. The molecule has 20 heavy (non-hydrogen) atoms. The van der Waals surface area contributed by atoms with E-state index in [0.717, 1.165) is 13.0 Å². The summed E-state index contributed by atoms with van der Waals surface area (Å²) in [4.78, 5) is 23.8. The van der Waals surface area contributed by atoms with E-state index in [-0.39, 0.29) is 23.4 Å². The number of carbonyl (C=O) groups excluding carboxylic acids is 2. The van der Waals surface area contributed by atoms with Gasteiger partial charge in [-0.05, 0) is 52.0 Å². The molecule has 5 nitrogen and oxygen atoms in total. The molecule has 5 heteroatoms. The van der Waals surface area contributed by atoms with Crippen LogP contribution in [-0.2, 0) is 9.59 Å². The van der Waals surface area contributed by atoms with Crippen LogP contribution in [-0.4, -0.2) is 36.5 Å². The lowest BCUT2D eigenvalue weighted by atomic mass is 9.93. The van der Waals surface area contributed by atoms with Gasteiger partial charge in [-0.25, -0.2) is 0 Å². The van der Waals surface area contributed by atoms with Crippen LogP contribution in [0.15, 0.2) is 0 Å². The highest BCUT2D eigenvalue weighted by Crippen LogP contribution is 2.37. The van der Waals surface area contributed by atoms with Gasteiger partial charge in [0.15, 0.2) is 0 Å². The van der Waals surface area contributed by atoms with Gasteiger partial charge in [0.2, 0.25) is 11.8 Å². The minimum Gasteiger partial charge on any atom is -0.354 e. The van der Waals surface area contributed by atoms with Gasteiger partial charge in [0, 0.05) is 18.5 Å². The van der Waals surface area contributed by atoms with Crippen molar-refractivity contribution in [2.75, 3.05) is 13.1 Å². The maximum absolute atomic E-state index is 12.1. The third kappa shape index (κ3) is 3.95. The Morgan fingerprint density at radius 1 is 1.25 bits per heavy atom. The van der Waals surface area contributed by atoms with Crippen molar-refractivity contribution in [2.24, 2.45) is 11.8 Å². The SMILES string of the molecule is CC(C)(C)NC(=O)CCNC(=O)C1NCC2CCCC21. The Balaban J connectivity index is 1.69. The first-order chi connectivity index (χ1) is 9.37. The van der Waals surface area contributed by atoms with E-state index in [0.29, 0.717) is 24.8 Å². The number of nitrogens with one attached hydrogen (secondary N) is 3. The fraction of sp³-hybridized carbons (Fsp3) is 0.867. The Labute approximate surface area is 121 Å². The van der Waals surface area contributed by atoms with Crippen LogP contribution in [0.3, 0.4) is 0 Å². The summed E-state index contributed by atoms with van der Waals surface area (Å²) in [6.45, 7) is 7.23. The topological polar surface area (TPSA) is 70.2 Å². The molecule has 3 unspecified atom stereocenters. The normalized spacial score (nSPS) is 29.1. The first-order valence-corrected chi connectivity index (χ1v) is 7.69. The predicted molar refractivity (Wildman–Crippen MR) is 78.1 cm³/mol. The average molecular weight is 281 g/mol. The zero-order chi connectivity index (χ0) is 14.8. The van der Waals surface area contributed by atoms with Crippen molar-refractivity contribution in [3.8, 4) is 0 Å². The number of carbonyl (C=O) groups is 2. The lowest BCUT2D eigenvalue weighted by molar-refractivity contribution is -0.124. The van der Waals surface area contributed by atoms with Gasteiger partial charge in [-0.1, -0.05) is 6.42 Å². The van der Waals surface area contributed by atoms with Gasteiger partial charge < -0.3 is 16.0 Å². The fourth-order valence-corrected chi connectivity index (χ4v) is 3.36. The number of amides is 2. The van der Waals surface area contributed by atoms with Crippen molar-refractivity contribution in [1.29, 1.82) is 0 Å². The van der Waals surface area contributed by atoms with E-state index in [1.54, 1.807) is 0 Å². The lowest BCUT2D eigenvalue weighted by Crippen LogP contribution is -2.46. The van der Waals surface area contributed by atoms with E-state index >= 15 is 0 Å². The van der Waals surface area contributed by atoms with Crippen molar-refractivity contribution < 1.29 is 9.59 Å². The molecule has 114 valence electrons. The average Bonchev–Trinajstić information content (AvgIpc) is 2.86. The third-order valence-electron chi connectivity index (χ3n) is 4.19. The monoisotopic (exact) mass is 281 g/mol. The lowest BCUT2D eigenvalue weighted by Gasteiger charge is -2.21. The van der Waals surface area contributed by atoms with Gasteiger partial charge in [-0.2, -0.15) is 0 Å². The van der Waals surface area contributed by atoms with Crippen LogP contribution in [0.4, 0.5) is 0 Å². The molecule has 2 rings (SSSR count). The van der Waals surface area contributed by atoms with E-state index in [2.05, 4.69) is 16.0 Å². The maximum Gasteiger partial charge on any atom is 0.237 e. The second kappa shape index (κ2) is 6.12. The molecule has 0 spiro atoms. The molecule has 2 fully saturated rings. The predicted octanol–water partition coefficient (Wildman–Crippen LogP) is 0.796. The molecule has 0 bridgehead atoms. The summed E-state index contributed by atoms with van der Waals surface area (Å²) in [7, 11) is 0. The highest BCUT2D eigenvalue weighted by Gasteiger charge is 2.42. The summed E-state index contributed by atoms with van der Waals surface area (Å²) >= 11 is 0. The molecule has 0 aromatic heterocycles. The molecule has 1 heterocycles. The minimum atomic E-state index is -0.217. The van der Waals surface area contributed by atoms with E-state index in [9.17, 15) is 9.59 Å². The smallest absolute Gasteiger partial charge is 0.237 e. The molecule has 1 saturated carbocycles. The zero-order valence-electron chi connectivity index (χ0n) is 12.8. The Kier molecular flexibility index (Phi) is 4.68. The van der Waals surface area contributed by atoms with Crippen LogP contribution in [0.2, 0.25) is 0 Å². The number of hydrogen-bond acceptors (Lipinski definition) is 3. The second-order valence-corrected chi connectivity index (χ2v) is 7.08. The standard InChI is InChI=1S/C15H27N3O2/c1-15(2,3)18-12(19)7-8-16-14(20)13-11-6-4-5-10(11)9-17-13/h10-11,13,17H,4-9H2,1-3H3,(H,16,20)(H,18,19). The molecule has 0 aromatic carbocycles. The van der Waals surface area contributed by atoms with E-state index in [4.69, 9.17) is 0 Å². The summed E-state index contributed by atoms with van der Waals surface area (Å²) in [5, 5.41) is 9.11. The molecule has 1 aliphatic carbocycles. The maximum atomic E-state index is 12.1. The molecule has 1 aliphatic heterocycles. The molecule has 3 atom stereocenters. The molecule has 1 saturated heterocycles. The van der Waals surface area contributed by atoms with Gasteiger partial charge >= 0.3 is 0 Å². The van der Waals surface area contributed by atoms with Crippen LogP contribution in [0, 0.1) is 11.8 Å². The highest BCUT2D eigenvalue weighted by atomic mass is 16.2. The van der Waals surface area contributed by atoms with Crippen molar-refractivity contribution in [2.45, 2.75) is 58.0 Å². The third-order valence-corrected chi connectivity index (χ3v) is 4.19. The van der Waals surface area contributed by atoms with E-state index in [1.807, 2.05) is 20.8 Å².